The second-order valence-electron chi connectivity index (χ2n) is 4.22. The SMILES string of the molecule is N#Cc1ccsc1NC(=O)c1cc2cccc(N)c2[nH]1. The summed E-state index contributed by atoms with van der Waals surface area (Å²) in [5.74, 6) is -0.292. The fraction of sp³-hybridized carbons (Fsp3) is 0. The van der Waals surface area contributed by atoms with Crippen LogP contribution in [0.2, 0.25) is 0 Å². The van der Waals surface area contributed by atoms with Crippen LogP contribution in [-0.4, -0.2) is 10.9 Å². The Bertz CT molecular complexity index is 840. The number of aromatic nitrogens is 1. The number of hydrogen-bond acceptors (Lipinski definition) is 4. The lowest BCUT2D eigenvalue weighted by Crippen LogP contribution is -2.11. The van der Waals surface area contributed by atoms with Crippen LogP contribution in [0.25, 0.3) is 10.9 Å². The number of nitrogens with one attached hydrogen (secondary N) is 2. The first-order valence-corrected chi connectivity index (χ1v) is 6.73. The highest BCUT2D eigenvalue weighted by molar-refractivity contribution is 7.14. The second-order valence-corrected chi connectivity index (χ2v) is 5.14. The predicted octanol–water partition coefficient (Wildman–Crippen LogP) is 2.94. The van der Waals surface area contributed by atoms with Gasteiger partial charge in [-0.1, -0.05) is 12.1 Å². The molecule has 2 heterocycles. The summed E-state index contributed by atoms with van der Waals surface area (Å²) in [4.78, 5) is 15.2. The predicted molar refractivity (Wildman–Crippen MR) is 79.7 cm³/mol. The number of hydrogen-bond donors (Lipinski definition) is 3. The molecule has 5 nitrogen and oxygen atoms in total. The molecule has 0 aliphatic heterocycles. The van der Waals surface area contributed by atoms with Crippen LogP contribution in [-0.2, 0) is 0 Å². The molecule has 1 amide bonds. The van der Waals surface area contributed by atoms with Crippen LogP contribution in [0, 0.1) is 11.3 Å². The van der Waals surface area contributed by atoms with Crippen LogP contribution in [0.1, 0.15) is 16.1 Å². The molecule has 0 atom stereocenters. The number of nitrogens with two attached hydrogens (primary N) is 1. The van der Waals surface area contributed by atoms with Gasteiger partial charge in [0.05, 0.1) is 16.8 Å². The number of benzene rings is 1. The zero-order valence-electron chi connectivity index (χ0n) is 10.3. The van der Waals surface area contributed by atoms with E-state index in [1.807, 2.05) is 18.2 Å². The van der Waals surface area contributed by atoms with Crippen LogP contribution in [0.3, 0.4) is 0 Å². The minimum absolute atomic E-state index is 0.292. The van der Waals surface area contributed by atoms with Crippen LogP contribution in [0.4, 0.5) is 10.7 Å². The lowest BCUT2D eigenvalue weighted by atomic mass is 10.2. The van der Waals surface area contributed by atoms with Crippen molar-refractivity contribution in [2.45, 2.75) is 0 Å². The molecule has 4 N–H and O–H groups in total. The van der Waals surface area contributed by atoms with Crippen molar-refractivity contribution in [3.05, 3.63) is 47.0 Å². The number of carbonyl (C=O) groups is 1. The highest BCUT2D eigenvalue weighted by Crippen LogP contribution is 2.25. The summed E-state index contributed by atoms with van der Waals surface area (Å²) in [5, 5.41) is 14.8. The fourth-order valence-corrected chi connectivity index (χ4v) is 2.70. The number of rotatable bonds is 2. The fourth-order valence-electron chi connectivity index (χ4n) is 1.97. The minimum Gasteiger partial charge on any atom is -0.397 e. The summed E-state index contributed by atoms with van der Waals surface area (Å²) in [6.07, 6.45) is 0. The van der Waals surface area contributed by atoms with Crippen molar-refractivity contribution in [3.8, 4) is 6.07 Å². The summed E-state index contributed by atoms with van der Waals surface area (Å²) >= 11 is 1.31. The minimum atomic E-state index is -0.292. The van der Waals surface area contributed by atoms with E-state index >= 15 is 0 Å². The maximum atomic E-state index is 12.2. The number of anilines is 2. The molecule has 98 valence electrons. The summed E-state index contributed by atoms with van der Waals surface area (Å²) in [5.41, 5.74) is 8.05. The molecule has 0 saturated carbocycles. The van der Waals surface area contributed by atoms with E-state index in [0.29, 0.717) is 21.9 Å². The van der Waals surface area contributed by atoms with Crippen LogP contribution in [0.5, 0.6) is 0 Å². The Labute approximate surface area is 118 Å². The maximum absolute atomic E-state index is 12.2. The molecule has 0 aliphatic carbocycles. The van der Waals surface area contributed by atoms with E-state index in [4.69, 9.17) is 11.0 Å². The monoisotopic (exact) mass is 282 g/mol. The summed E-state index contributed by atoms with van der Waals surface area (Å²) < 4.78 is 0. The average molecular weight is 282 g/mol. The average Bonchev–Trinajstić information content (AvgIpc) is 3.05. The molecule has 2 aromatic heterocycles. The molecule has 1 aromatic carbocycles. The lowest BCUT2D eigenvalue weighted by molar-refractivity contribution is 0.102. The van der Waals surface area contributed by atoms with Crippen molar-refractivity contribution in [1.29, 1.82) is 5.26 Å². The Morgan fingerprint density at radius 1 is 1.40 bits per heavy atom. The third kappa shape index (κ3) is 2.00. The van der Waals surface area contributed by atoms with Gasteiger partial charge in [-0.15, -0.1) is 11.3 Å². The largest absolute Gasteiger partial charge is 0.397 e. The van der Waals surface area contributed by atoms with E-state index < -0.39 is 0 Å². The molecule has 0 fully saturated rings. The van der Waals surface area contributed by atoms with E-state index in [2.05, 4.69) is 10.3 Å². The van der Waals surface area contributed by atoms with E-state index in [0.717, 1.165) is 10.9 Å². The Morgan fingerprint density at radius 2 is 2.25 bits per heavy atom. The van der Waals surface area contributed by atoms with Crippen molar-refractivity contribution in [2.75, 3.05) is 11.1 Å². The van der Waals surface area contributed by atoms with Crippen molar-refractivity contribution in [2.24, 2.45) is 0 Å². The van der Waals surface area contributed by atoms with Gasteiger partial charge in [-0.2, -0.15) is 5.26 Å². The van der Waals surface area contributed by atoms with E-state index in [1.54, 1.807) is 23.6 Å². The quantitative estimate of drug-likeness (QED) is 0.631. The Balaban J connectivity index is 1.93. The lowest BCUT2D eigenvalue weighted by Gasteiger charge is -2.00. The Kier molecular flexibility index (Phi) is 2.89. The van der Waals surface area contributed by atoms with Gasteiger partial charge in [0.15, 0.2) is 0 Å². The number of aromatic amines is 1. The smallest absolute Gasteiger partial charge is 0.272 e. The van der Waals surface area contributed by atoms with Gasteiger partial charge in [-0.25, -0.2) is 0 Å². The number of carbonyl (C=O) groups excluding carboxylic acids is 1. The van der Waals surface area contributed by atoms with Crippen LogP contribution in [0.15, 0.2) is 35.7 Å². The first kappa shape index (κ1) is 12.3. The normalized spacial score (nSPS) is 10.3. The number of thiophene rings is 1. The molecular weight excluding hydrogens is 272 g/mol. The third-order valence-electron chi connectivity index (χ3n) is 2.95. The van der Waals surface area contributed by atoms with E-state index in [-0.39, 0.29) is 5.91 Å². The van der Waals surface area contributed by atoms with Gasteiger partial charge in [-0.3, -0.25) is 4.79 Å². The highest BCUT2D eigenvalue weighted by Gasteiger charge is 2.13. The Hall–Kier alpha value is -2.78. The zero-order chi connectivity index (χ0) is 14.1. The Morgan fingerprint density at radius 3 is 3.00 bits per heavy atom. The molecule has 0 bridgehead atoms. The van der Waals surface area contributed by atoms with Gasteiger partial charge in [0.1, 0.15) is 16.8 Å². The number of fused-ring (bicyclic) bond motifs is 1. The number of H-pyrrole nitrogens is 1. The molecule has 0 spiro atoms. The molecule has 0 radical (unpaired) electrons. The molecule has 3 aromatic rings. The third-order valence-corrected chi connectivity index (χ3v) is 3.78. The number of nitrogen functional groups attached to an aromatic ring is 1. The number of amides is 1. The summed E-state index contributed by atoms with van der Waals surface area (Å²) in [6.45, 7) is 0. The molecule has 20 heavy (non-hydrogen) atoms. The van der Waals surface area contributed by atoms with Crippen LogP contribution >= 0.6 is 11.3 Å². The van der Waals surface area contributed by atoms with Gasteiger partial charge in [0.25, 0.3) is 5.91 Å². The van der Waals surface area contributed by atoms with Crippen molar-refractivity contribution >= 4 is 38.8 Å². The van der Waals surface area contributed by atoms with E-state index in [9.17, 15) is 4.79 Å². The summed E-state index contributed by atoms with van der Waals surface area (Å²) in [6, 6.07) is 10.9. The first-order valence-electron chi connectivity index (χ1n) is 5.85. The molecular formula is C14H10N4OS. The summed E-state index contributed by atoms with van der Waals surface area (Å²) in [7, 11) is 0. The van der Waals surface area contributed by atoms with Crippen molar-refractivity contribution in [1.82, 2.24) is 4.98 Å². The molecule has 6 heteroatoms. The molecule has 0 saturated heterocycles. The van der Waals surface area contributed by atoms with Crippen LogP contribution < -0.4 is 11.1 Å². The first-order chi connectivity index (χ1) is 9.69. The standard InChI is InChI=1S/C14H10N4OS/c15-7-9-4-5-20-14(9)18-13(19)11-6-8-2-1-3-10(16)12(8)17-11/h1-6,17H,16H2,(H,18,19). The van der Waals surface area contributed by atoms with Crippen molar-refractivity contribution in [3.63, 3.8) is 0 Å². The maximum Gasteiger partial charge on any atom is 0.272 e. The zero-order valence-corrected chi connectivity index (χ0v) is 11.1. The molecule has 0 unspecified atom stereocenters. The van der Waals surface area contributed by atoms with Gasteiger partial charge < -0.3 is 16.0 Å². The second kappa shape index (κ2) is 4.72. The number of para-hydroxylation sites is 1. The van der Waals surface area contributed by atoms with Gasteiger partial charge in [0.2, 0.25) is 0 Å². The van der Waals surface area contributed by atoms with Gasteiger partial charge in [0, 0.05) is 5.39 Å². The van der Waals surface area contributed by atoms with Crippen molar-refractivity contribution < 1.29 is 4.79 Å². The van der Waals surface area contributed by atoms with Gasteiger partial charge >= 0.3 is 0 Å². The highest BCUT2D eigenvalue weighted by atomic mass is 32.1. The molecule has 0 aliphatic rings. The molecule has 3 rings (SSSR count). The van der Waals surface area contributed by atoms with Gasteiger partial charge in [-0.05, 0) is 23.6 Å². The topological polar surface area (TPSA) is 94.7 Å². The van der Waals surface area contributed by atoms with E-state index in [1.165, 1.54) is 11.3 Å². The number of nitrogens with zero attached hydrogens (tertiary/aromatic N) is 1. The number of nitriles is 1.